The molecule has 0 bridgehead atoms. The third kappa shape index (κ3) is 4.33. The van der Waals surface area contributed by atoms with Crippen molar-refractivity contribution < 1.29 is 4.79 Å². The van der Waals surface area contributed by atoms with E-state index in [1.54, 1.807) is 0 Å². The largest absolute Gasteiger partial charge is 0.378 e. The van der Waals surface area contributed by atoms with Crippen molar-refractivity contribution in [2.24, 2.45) is 5.10 Å². The number of para-hydroxylation sites is 1. The Kier molecular flexibility index (Phi) is 5.80. The number of amides is 1. The summed E-state index contributed by atoms with van der Waals surface area (Å²) < 4.78 is 0. The first-order valence-corrected chi connectivity index (χ1v) is 10.2. The Hall–Kier alpha value is -3.92. The highest BCUT2D eigenvalue weighted by molar-refractivity contribution is 6.34. The van der Waals surface area contributed by atoms with E-state index in [0.29, 0.717) is 11.3 Å². The summed E-state index contributed by atoms with van der Waals surface area (Å²) in [5.74, 6) is -0.116. The summed E-state index contributed by atoms with van der Waals surface area (Å²) in [6.45, 7) is 1.89. The lowest BCUT2D eigenvalue weighted by Gasteiger charge is -2.13. The van der Waals surface area contributed by atoms with Crippen molar-refractivity contribution in [3.05, 3.63) is 108 Å². The summed E-state index contributed by atoms with van der Waals surface area (Å²) in [5.41, 5.74) is 6.15. The molecule has 0 unspecified atom stereocenters. The maximum atomic E-state index is 13.4. The summed E-state index contributed by atoms with van der Waals surface area (Å²) in [4.78, 5) is 15.4. The number of allylic oxidation sites excluding steroid dienone is 2. The Labute approximate surface area is 183 Å². The van der Waals surface area contributed by atoms with Crippen LogP contribution >= 0.6 is 0 Å². The zero-order chi connectivity index (χ0) is 21.8. The second kappa shape index (κ2) is 8.84. The van der Waals surface area contributed by atoms with Crippen molar-refractivity contribution in [3.8, 4) is 0 Å². The molecule has 154 valence electrons. The van der Waals surface area contributed by atoms with Gasteiger partial charge < -0.3 is 4.90 Å². The van der Waals surface area contributed by atoms with E-state index in [2.05, 4.69) is 34.3 Å². The number of carbonyl (C=O) groups excluding carboxylic acids is 1. The van der Waals surface area contributed by atoms with Crippen LogP contribution in [0.15, 0.2) is 102 Å². The van der Waals surface area contributed by atoms with Gasteiger partial charge in [0.15, 0.2) is 0 Å². The number of nitrogens with zero attached hydrogens (tertiary/aromatic N) is 3. The van der Waals surface area contributed by atoms with Crippen LogP contribution in [0.2, 0.25) is 0 Å². The minimum atomic E-state index is -0.116. The lowest BCUT2D eigenvalue weighted by Crippen LogP contribution is -2.21. The fraction of sp³-hybridized carbons (Fsp3) is 0.111. The van der Waals surface area contributed by atoms with Crippen LogP contribution in [-0.4, -0.2) is 25.7 Å². The molecule has 4 heteroatoms. The topological polar surface area (TPSA) is 35.9 Å². The fourth-order valence-electron chi connectivity index (χ4n) is 3.57. The number of anilines is 2. The summed E-state index contributed by atoms with van der Waals surface area (Å²) in [6.07, 6.45) is 4.06. The Bertz CT molecular complexity index is 1160. The van der Waals surface area contributed by atoms with Gasteiger partial charge >= 0.3 is 0 Å². The maximum absolute atomic E-state index is 13.4. The van der Waals surface area contributed by atoms with E-state index in [4.69, 9.17) is 0 Å². The summed E-state index contributed by atoms with van der Waals surface area (Å²) in [6, 6.07) is 27.8. The molecule has 0 fully saturated rings. The normalized spacial score (nSPS) is 15.4. The first-order chi connectivity index (χ1) is 15.0. The van der Waals surface area contributed by atoms with Gasteiger partial charge in [-0.1, -0.05) is 72.8 Å². The van der Waals surface area contributed by atoms with Crippen molar-refractivity contribution in [1.82, 2.24) is 0 Å². The molecule has 0 radical (unpaired) electrons. The van der Waals surface area contributed by atoms with Gasteiger partial charge in [0.25, 0.3) is 5.91 Å². The number of rotatable bonds is 5. The third-order valence-electron chi connectivity index (χ3n) is 5.22. The highest BCUT2D eigenvalue weighted by Crippen LogP contribution is 2.30. The Morgan fingerprint density at radius 1 is 0.871 bits per heavy atom. The molecule has 4 nitrogen and oxygen atoms in total. The van der Waals surface area contributed by atoms with E-state index in [1.165, 1.54) is 5.01 Å². The standard InChI is InChI=1S/C27H25N3O/c1-20-26(27(31)30(28-20)24-12-8-5-9-13-24)25(22-10-6-4-7-11-22)19-16-21-14-17-23(18-15-21)29(2)3/h4-19H,1-3H3. The van der Waals surface area contributed by atoms with Crippen LogP contribution in [0.1, 0.15) is 18.1 Å². The highest BCUT2D eigenvalue weighted by atomic mass is 16.2. The number of hydrogen-bond acceptors (Lipinski definition) is 3. The molecule has 0 saturated carbocycles. The summed E-state index contributed by atoms with van der Waals surface area (Å²) in [7, 11) is 4.05. The predicted octanol–water partition coefficient (Wildman–Crippen LogP) is 5.64. The van der Waals surface area contributed by atoms with E-state index in [9.17, 15) is 4.79 Å². The van der Waals surface area contributed by atoms with Gasteiger partial charge in [-0.15, -0.1) is 0 Å². The van der Waals surface area contributed by atoms with Crippen LogP contribution < -0.4 is 9.91 Å². The predicted molar refractivity (Wildman–Crippen MR) is 130 cm³/mol. The van der Waals surface area contributed by atoms with Gasteiger partial charge in [0, 0.05) is 19.8 Å². The molecule has 0 N–H and O–H groups in total. The van der Waals surface area contributed by atoms with Crippen molar-refractivity contribution in [3.63, 3.8) is 0 Å². The molecule has 0 aromatic heterocycles. The molecule has 0 atom stereocenters. The highest BCUT2D eigenvalue weighted by Gasteiger charge is 2.31. The van der Waals surface area contributed by atoms with Crippen LogP contribution in [0.5, 0.6) is 0 Å². The van der Waals surface area contributed by atoms with Crippen molar-refractivity contribution in [2.45, 2.75) is 6.92 Å². The van der Waals surface area contributed by atoms with Gasteiger partial charge in [0.05, 0.1) is 17.0 Å². The molecule has 31 heavy (non-hydrogen) atoms. The first kappa shape index (κ1) is 20.4. The first-order valence-electron chi connectivity index (χ1n) is 10.2. The SMILES string of the molecule is CC1=NN(c2ccccc2)C(=O)C1=C(C=Cc1ccc(N(C)C)cc1)c1ccccc1. The van der Waals surface area contributed by atoms with Crippen molar-refractivity contribution >= 4 is 34.6 Å². The smallest absolute Gasteiger partial charge is 0.281 e. The molecular formula is C27H25N3O. The third-order valence-corrected chi connectivity index (χ3v) is 5.22. The Balaban J connectivity index is 1.76. The van der Waals surface area contributed by atoms with E-state index >= 15 is 0 Å². The molecule has 1 aliphatic heterocycles. The average molecular weight is 408 g/mol. The molecule has 0 aliphatic carbocycles. The molecule has 3 aromatic carbocycles. The summed E-state index contributed by atoms with van der Waals surface area (Å²) in [5, 5.41) is 6.04. The minimum absolute atomic E-state index is 0.116. The van der Waals surface area contributed by atoms with Gasteiger partial charge in [-0.3, -0.25) is 4.79 Å². The van der Waals surface area contributed by atoms with Crippen LogP contribution in [0, 0.1) is 0 Å². The second-order valence-electron chi connectivity index (χ2n) is 7.61. The maximum Gasteiger partial charge on any atom is 0.281 e. The van der Waals surface area contributed by atoms with Gasteiger partial charge in [-0.2, -0.15) is 10.1 Å². The van der Waals surface area contributed by atoms with Gasteiger partial charge in [-0.25, -0.2) is 0 Å². The lowest BCUT2D eigenvalue weighted by molar-refractivity contribution is -0.114. The molecular weight excluding hydrogens is 382 g/mol. The molecule has 1 heterocycles. The van der Waals surface area contributed by atoms with E-state index in [0.717, 1.165) is 28.1 Å². The fourth-order valence-corrected chi connectivity index (χ4v) is 3.57. The van der Waals surface area contributed by atoms with Crippen LogP contribution in [0.3, 0.4) is 0 Å². The Morgan fingerprint density at radius 2 is 1.48 bits per heavy atom. The molecule has 1 amide bonds. The zero-order valence-corrected chi connectivity index (χ0v) is 18.0. The van der Waals surface area contributed by atoms with E-state index in [1.807, 2.05) is 93.8 Å². The molecule has 3 aromatic rings. The van der Waals surface area contributed by atoms with Gasteiger partial charge in [0.1, 0.15) is 0 Å². The number of benzene rings is 3. The lowest BCUT2D eigenvalue weighted by atomic mass is 9.96. The summed E-state index contributed by atoms with van der Waals surface area (Å²) >= 11 is 0. The zero-order valence-electron chi connectivity index (χ0n) is 18.0. The van der Waals surface area contributed by atoms with Crippen molar-refractivity contribution in [1.29, 1.82) is 0 Å². The quantitative estimate of drug-likeness (QED) is 0.513. The van der Waals surface area contributed by atoms with Crippen LogP contribution in [-0.2, 0) is 4.79 Å². The number of carbonyl (C=O) groups is 1. The number of hydrogen-bond donors (Lipinski definition) is 0. The van der Waals surface area contributed by atoms with Gasteiger partial charge in [-0.05, 0) is 47.9 Å². The number of hydrazone groups is 1. The molecule has 0 spiro atoms. The van der Waals surface area contributed by atoms with Gasteiger partial charge in [0.2, 0.25) is 0 Å². The van der Waals surface area contributed by atoms with Crippen LogP contribution in [0.4, 0.5) is 11.4 Å². The van der Waals surface area contributed by atoms with Crippen LogP contribution in [0.25, 0.3) is 11.6 Å². The second-order valence-corrected chi connectivity index (χ2v) is 7.61. The monoisotopic (exact) mass is 407 g/mol. The molecule has 4 rings (SSSR count). The van der Waals surface area contributed by atoms with E-state index < -0.39 is 0 Å². The average Bonchev–Trinajstić information content (AvgIpc) is 3.10. The Morgan fingerprint density at radius 3 is 2.10 bits per heavy atom. The minimum Gasteiger partial charge on any atom is -0.378 e. The molecule has 0 saturated heterocycles. The van der Waals surface area contributed by atoms with Crippen molar-refractivity contribution in [2.75, 3.05) is 24.0 Å². The van der Waals surface area contributed by atoms with E-state index in [-0.39, 0.29) is 5.91 Å². The molecule has 1 aliphatic rings.